The van der Waals surface area contributed by atoms with Crippen LogP contribution in [0.5, 0.6) is 0 Å². The molecule has 1 rings (SSSR count). The Morgan fingerprint density at radius 3 is 2.79 bits per heavy atom. The first-order chi connectivity index (χ1) is 6.56. The summed E-state index contributed by atoms with van der Waals surface area (Å²) in [6.07, 6.45) is 0. The Bertz CT molecular complexity index is 365. The molecule has 1 N–H and O–H groups in total. The van der Waals surface area contributed by atoms with Crippen LogP contribution in [-0.2, 0) is 11.3 Å². The number of carboxylic acids is 1. The van der Waals surface area contributed by atoms with E-state index in [2.05, 4.69) is 0 Å². The highest BCUT2D eigenvalue weighted by Crippen LogP contribution is 2.20. The standard InChI is InChI=1S/C9H8ClFO3/c1-14-4-5-2-6(10)3-7(11)8(5)9(12)13/h2-3H,4H2,1H3,(H,12,13). The maximum atomic E-state index is 13.2. The molecule has 0 atom stereocenters. The lowest BCUT2D eigenvalue weighted by molar-refractivity contribution is 0.0686. The third kappa shape index (κ3) is 2.21. The molecule has 14 heavy (non-hydrogen) atoms. The Balaban J connectivity index is 3.28. The molecule has 3 nitrogen and oxygen atoms in total. The van der Waals surface area contributed by atoms with Gasteiger partial charge in [0.15, 0.2) is 0 Å². The van der Waals surface area contributed by atoms with E-state index in [-0.39, 0.29) is 17.2 Å². The molecule has 0 fully saturated rings. The molecule has 0 unspecified atom stereocenters. The van der Waals surface area contributed by atoms with Gasteiger partial charge in [0.2, 0.25) is 0 Å². The van der Waals surface area contributed by atoms with Crippen LogP contribution in [0, 0.1) is 5.82 Å². The zero-order valence-corrected chi connectivity index (χ0v) is 8.14. The van der Waals surface area contributed by atoms with E-state index in [1.165, 1.54) is 13.2 Å². The minimum atomic E-state index is -1.33. The van der Waals surface area contributed by atoms with Gasteiger partial charge in [-0.25, -0.2) is 9.18 Å². The van der Waals surface area contributed by atoms with Crippen molar-refractivity contribution in [2.45, 2.75) is 6.61 Å². The van der Waals surface area contributed by atoms with Crippen molar-refractivity contribution in [3.05, 3.63) is 34.1 Å². The lowest BCUT2D eigenvalue weighted by atomic mass is 10.1. The van der Waals surface area contributed by atoms with Gasteiger partial charge in [0.25, 0.3) is 0 Å². The molecule has 1 aromatic carbocycles. The smallest absolute Gasteiger partial charge is 0.339 e. The molecule has 76 valence electrons. The van der Waals surface area contributed by atoms with Gasteiger partial charge in [-0.15, -0.1) is 0 Å². The highest BCUT2D eigenvalue weighted by molar-refractivity contribution is 6.30. The lowest BCUT2D eigenvalue weighted by Gasteiger charge is -2.06. The van der Waals surface area contributed by atoms with Crippen molar-refractivity contribution in [3.63, 3.8) is 0 Å². The Labute approximate surface area is 85.1 Å². The van der Waals surface area contributed by atoms with E-state index in [1.54, 1.807) is 0 Å². The quantitative estimate of drug-likeness (QED) is 0.847. The molecular weight excluding hydrogens is 211 g/mol. The molecule has 5 heteroatoms. The van der Waals surface area contributed by atoms with Crippen molar-refractivity contribution in [3.8, 4) is 0 Å². The maximum absolute atomic E-state index is 13.2. The van der Waals surface area contributed by atoms with Crippen LogP contribution in [0.15, 0.2) is 12.1 Å². The highest BCUT2D eigenvalue weighted by atomic mass is 35.5. The summed E-state index contributed by atoms with van der Waals surface area (Å²) in [7, 11) is 1.39. The van der Waals surface area contributed by atoms with Crippen molar-refractivity contribution in [1.29, 1.82) is 0 Å². The molecule has 0 bridgehead atoms. The summed E-state index contributed by atoms with van der Waals surface area (Å²) in [6, 6.07) is 2.34. The molecule has 0 spiro atoms. The van der Waals surface area contributed by atoms with Crippen molar-refractivity contribution in [2.24, 2.45) is 0 Å². The molecular formula is C9H8ClFO3. The van der Waals surface area contributed by atoms with Crippen LogP contribution in [0.3, 0.4) is 0 Å². The van der Waals surface area contributed by atoms with Gasteiger partial charge in [-0.05, 0) is 17.7 Å². The summed E-state index contributed by atoms with van der Waals surface area (Å²) in [5, 5.41) is 8.88. The third-order valence-electron chi connectivity index (χ3n) is 1.65. The van der Waals surface area contributed by atoms with Gasteiger partial charge in [-0.3, -0.25) is 0 Å². The van der Waals surface area contributed by atoms with E-state index in [9.17, 15) is 9.18 Å². The molecule has 0 aliphatic rings. The van der Waals surface area contributed by atoms with Crippen LogP contribution in [0.1, 0.15) is 15.9 Å². The predicted molar refractivity (Wildman–Crippen MR) is 49.1 cm³/mol. The summed E-state index contributed by atoms with van der Waals surface area (Å²) in [5.74, 6) is -2.18. The number of carbonyl (C=O) groups is 1. The zero-order chi connectivity index (χ0) is 10.7. The number of benzene rings is 1. The van der Waals surface area contributed by atoms with Gasteiger partial charge < -0.3 is 9.84 Å². The second-order valence-corrected chi connectivity index (χ2v) is 3.10. The van der Waals surface area contributed by atoms with E-state index in [1.807, 2.05) is 0 Å². The Hall–Kier alpha value is -1.13. The van der Waals surface area contributed by atoms with Crippen LogP contribution >= 0.6 is 11.6 Å². The van der Waals surface area contributed by atoms with Gasteiger partial charge >= 0.3 is 5.97 Å². The van der Waals surface area contributed by atoms with Crippen molar-refractivity contribution < 1.29 is 19.0 Å². The summed E-state index contributed by atoms with van der Waals surface area (Å²) in [5.41, 5.74) is -0.166. The summed E-state index contributed by atoms with van der Waals surface area (Å²) < 4.78 is 17.9. The number of ether oxygens (including phenoxy) is 1. The van der Waals surface area contributed by atoms with Gasteiger partial charge in [-0.2, -0.15) is 0 Å². The minimum Gasteiger partial charge on any atom is -0.478 e. The van der Waals surface area contributed by atoms with Gasteiger partial charge in [0.05, 0.1) is 6.61 Å². The number of aromatic carboxylic acids is 1. The van der Waals surface area contributed by atoms with E-state index in [0.29, 0.717) is 0 Å². The summed E-state index contributed by atoms with van der Waals surface area (Å²) in [4.78, 5) is 10.7. The van der Waals surface area contributed by atoms with Crippen LogP contribution < -0.4 is 0 Å². The van der Waals surface area contributed by atoms with Crippen LogP contribution in [0.25, 0.3) is 0 Å². The Morgan fingerprint density at radius 2 is 2.29 bits per heavy atom. The summed E-state index contributed by atoms with van der Waals surface area (Å²) in [6.45, 7) is 0.0130. The Kier molecular flexibility index (Phi) is 3.43. The number of halogens is 2. The van der Waals surface area contributed by atoms with Gasteiger partial charge in [0, 0.05) is 12.1 Å². The third-order valence-corrected chi connectivity index (χ3v) is 1.87. The van der Waals surface area contributed by atoms with Crippen molar-refractivity contribution in [2.75, 3.05) is 7.11 Å². The predicted octanol–water partition coefficient (Wildman–Crippen LogP) is 2.32. The topological polar surface area (TPSA) is 46.5 Å². The SMILES string of the molecule is COCc1cc(Cl)cc(F)c1C(=O)O. The van der Waals surface area contributed by atoms with Crippen LogP contribution in [0.2, 0.25) is 5.02 Å². The fraction of sp³-hybridized carbons (Fsp3) is 0.222. The molecule has 0 radical (unpaired) electrons. The van der Waals surface area contributed by atoms with Gasteiger partial charge in [-0.1, -0.05) is 11.6 Å². The zero-order valence-electron chi connectivity index (χ0n) is 7.38. The van der Waals surface area contributed by atoms with E-state index < -0.39 is 17.3 Å². The summed E-state index contributed by atoms with van der Waals surface area (Å²) >= 11 is 5.57. The highest BCUT2D eigenvalue weighted by Gasteiger charge is 2.16. The van der Waals surface area contributed by atoms with E-state index in [4.69, 9.17) is 21.4 Å². The number of carboxylic acid groups (broad SMARTS) is 1. The molecule has 0 heterocycles. The monoisotopic (exact) mass is 218 g/mol. The van der Waals surface area contributed by atoms with Crippen LogP contribution in [-0.4, -0.2) is 18.2 Å². The fourth-order valence-corrected chi connectivity index (χ4v) is 1.36. The second-order valence-electron chi connectivity index (χ2n) is 2.66. The van der Waals surface area contributed by atoms with E-state index in [0.717, 1.165) is 6.07 Å². The maximum Gasteiger partial charge on any atom is 0.339 e. The first-order valence-electron chi connectivity index (χ1n) is 3.76. The molecule has 0 aliphatic carbocycles. The lowest BCUT2D eigenvalue weighted by Crippen LogP contribution is -2.06. The largest absolute Gasteiger partial charge is 0.478 e. The molecule has 0 saturated carbocycles. The average molecular weight is 219 g/mol. The number of methoxy groups -OCH3 is 1. The number of hydrogen-bond donors (Lipinski definition) is 1. The first-order valence-corrected chi connectivity index (χ1v) is 4.14. The van der Waals surface area contributed by atoms with Crippen molar-refractivity contribution in [1.82, 2.24) is 0 Å². The molecule has 0 aromatic heterocycles. The average Bonchev–Trinajstić information content (AvgIpc) is 2.01. The normalized spacial score (nSPS) is 10.2. The van der Waals surface area contributed by atoms with E-state index >= 15 is 0 Å². The number of rotatable bonds is 3. The minimum absolute atomic E-state index is 0.0130. The number of hydrogen-bond acceptors (Lipinski definition) is 2. The molecule has 0 aliphatic heterocycles. The Morgan fingerprint density at radius 1 is 1.64 bits per heavy atom. The second kappa shape index (κ2) is 4.39. The molecule has 0 saturated heterocycles. The van der Waals surface area contributed by atoms with Crippen LogP contribution in [0.4, 0.5) is 4.39 Å². The molecule has 0 amide bonds. The van der Waals surface area contributed by atoms with Gasteiger partial charge in [0.1, 0.15) is 11.4 Å². The first kappa shape index (κ1) is 10.9. The molecule has 1 aromatic rings. The van der Waals surface area contributed by atoms with Crippen molar-refractivity contribution >= 4 is 17.6 Å². The fourth-order valence-electron chi connectivity index (χ4n) is 1.14.